The highest BCUT2D eigenvalue weighted by Crippen LogP contribution is 2.45. The van der Waals surface area contributed by atoms with Gasteiger partial charge >= 0.3 is 34.0 Å². The number of hydrogen-bond acceptors (Lipinski definition) is 14. The van der Waals surface area contributed by atoms with E-state index in [1.54, 1.807) is 92.3 Å². The lowest BCUT2D eigenvalue weighted by Crippen LogP contribution is -2.41. The Morgan fingerprint density at radius 3 is 1.25 bits per heavy atom. The first-order valence-corrected chi connectivity index (χ1v) is 28.2. The molecule has 12 rings (SSSR count). The Kier molecular flexibility index (Phi) is 17.2. The van der Waals surface area contributed by atoms with E-state index in [2.05, 4.69) is 29.9 Å². The number of likely N-dealkylation sites (tertiary alicyclic amines) is 2. The number of nitrogens with zero attached hydrogens (tertiary/aromatic N) is 8. The zero-order valence-corrected chi connectivity index (χ0v) is 45.1. The lowest BCUT2D eigenvalue weighted by Gasteiger charge is -2.33. The fourth-order valence-corrected chi connectivity index (χ4v) is 11.9. The molecule has 6 aromatic heterocycles. The molecule has 0 spiro atoms. The Hall–Kier alpha value is -8.37. The standard InChI is InChI=1S/2C28H28F2N6O3.H2O4S/c2*29-20-6-1-4-17(23(20)30)18-8-9-22(25-19(24(18)31)5-2-12-32-25)39-28(38)35-14-10-16(11-15-35)36-21-7-3-13-33-26(21)34-27(36)37;1-5(2,3)4/h2*1-7,12-13,16,18,22,24H,8-11,14-15,31H2,(H,33,34,37);(H2,1,2,3,4)/t2*18-,22+,24-;/m00./s1. The normalized spacial score (nSPS) is 21.3. The number of imidazole rings is 2. The van der Waals surface area contributed by atoms with Crippen LogP contribution in [-0.2, 0) is 19.9 Å². The molecule has 8 heterocycles. The number of fused-ring (bicyclic) bond motifs is 4. The fraction of sp³-hybridized carbons (Fsp3) is 0.357. The van der Waals surface area contributed by atoms with Crippen molar-refractivity contribution in [3.63, 3.8) is 0 Å². The average Bonchev–Trinajstić information content (AvgIpc) is 3.73. The van der Waals surface area contributed by atoms with Crippen molar-refractivity contribution >= 4 is 44.9 Å². The first-order valence-electron chi connectivity index (χ1n) is 26.8. The highest BCUT2D eigenvalue weighted by atomic mass is 32.3. The summed E-state index contributed by atoms with van der Waals surface area (Å²) in [4.78, 5) is 77.8. The monoisotopic (exact) mass is 1170 g/mol. The van der Waals surface area contributed by atoms with Crippen molar-refractivity contribution < 1.29 is 54.1 Å². The molecule has 0 bridgehead atoms. The Morgan fingerprint density at radius 1 is 0.518 bits per heavy atom. The van der Waals surface area contributed by atoms with E-state index in [0.29, 0.717) is 111 Å². The molecule has 27 heteroatoms. The second-order valence-corrected chi connectivity index (χ2v) is 21.5. The molecule has 0 saturated carbocycles. The van der Waals surface area contributed by atoms with E-state index in [9.17, 15) is 36.7 Å². The van der Waals surface area contributed by atoms with Gasteiger partial charge in [-0.2, -0.15) is 8.42 Å². The lowest BCUT2D eigenvalue weighted by molar-refractivity contribution is 0.0466. The minimum absolute atomic E-state index is 0.0697. The van der Waals surface area contributed by atoms with Gasteiger partial charge in [-0.25, -0.2) is 46.7 Å². The number of pyridine rings is 4. The number of H-pyrrole nitrogens is 2. The number of nitrogens with two attached hydrogens (primary N) is 2. The van der Waals surface area contributed by atoms with Crippen molar-refractivity contribution in [1.29, 1.82) is 0 Å². The topological polar surface area (TPSA) is 313 Å². The average molecular weight is 1170 g/mol. The zero-order chi connectivity index (χ0) is 58.7. The van der Waals surface area contributed by atoms with Crippen LogP contribution >= 0.6 is 0 Å². The van der Waals surface area contributed by atoms with Crippen LogP contribution in [0.1, 0.15) is 133 Å². The molecule has 2 amide bonds. The molecule has 8 aromatic rings. The number of benzene rings is 2. The Bertz CT molecular complexity index is 3660. The highest BCUT2D eigenvalue weighted by molar-refractivity contribution is 7.79. The minimum Gasteiger partial charge on any atom is -0.440 e. The summed E-state index contributed by atoms with van der Waals surface area (Å²) < 4.78 is 104. The molecular formula is C56H58F4N12O10S. The van der Waals surface area contributed by atoms with Gasteiger partial charge in [-0.1, -0.05) is 36.4 Å². The number of aromatic amines is 2. The van der Waals surface area contributed by atoms with Crippen LogP contribution in [0.5, 0.6) is 0 Å². The number of halogens is 4. The quantitative estimate of drug-likeness (QED) is 0.0518. The molecule has 6 atom stereocenters. The van der Waals surface area contributed by atoms with Crippen LogP contribution in [0.4, 0.5) is 27.2 Å². The van der Waals surface area contributed by atoms with Gasteiger partial charge in [0.05, 0.1) is 22.4 Å². The van der Waals surface area contributed by atoms with Crippen molar-refractivity contribution in [2.45, 2.75) is 99.6 Å². The number of hydrogen-bond donors (Lipinski definition) is 6. The number of piperidine rings is 2. The summed E-state index contributed by atoms with van der Waals surface area (Å²) in [6, 6.07) is 21.1. The van der Waals surface area contributed by atoms with Gasteiger partial charge < -0.3 is 30.7 Å². The highest BCUT2D eigenvalue weighted by Gasteiger charge is 2.39. The number of nitrogens with one attached hydrogen (secondary N) is 2. The number of carbonyl (C=O) groups excluding carboxylic acids is 2. The molecule has 436 valence electrons. The first kappa shape index (κ1) is 57.8. The summed E-state index contributed by atoms with van der Waals surface area (Å²) in [5, 5.41) is 0. The fourth-order valence-electron chi connectivity index (χ4n) is 11.9. The van der Waals surface area contributed by atoms with E-state index in [4.69, 9.17) is 38.5 Å². The summed E-state index contributed by atoms with van der Waals surface area (Å²) in [7, 11) is -4.67. The van der Waals surface area contributed by atoms with Gasteiger partial charge in [-0.3, -0.25) is 38.2 Å². The summed E-state index contributed by atoms with van der Waals surface area (Å²) in [5.41, 5.74) is 18.0. The lowest BCUT2D eigenvalue weighted by atomic mass is 9.86. The number of rotatable bonds is 6. The van der Waals surface area contributed by atoms with Crippen LogP contribution < -0.4 is 22.8 Å². The summed E-state index contributed by atoms with van der Waals surface area (Å²) >= 11 is 0. The van der Waals surface area contributed by atoms with Gasteiger partial charge in [-0.05, 0) is 122 Å². The van der Waals surface area contributed by atoms with E-state index >= 15 is 0 Å². The molecule has 2 saturated heterocycles. The third-order valence-corrected chi connectivity index (χ3v) is 15.8. The van der Waals surface area contributed by atoms with Gasteiger partial charge in [0.2, 0.25) is 0 Å². The van der Waals surface area contributed by atoms with E-state index in [0.717, 1.165) is 23.2 Å². The number of amides is 2. The summed E-state index contributed by atoms with van der Waals surface area (Å²) in [6.45, 7) is 1.67. The smallest absolute Gasteiger partial charge is 0.410 e. The largest absolute Gasteiger partial charge is 0.440 e. The van der Waals surface area contributed by atoms with Gasteiger partial charge in [0.15, 0.2) is 34.6 Å². The van der Waals surface area contributed by atoms with Gasteiger partial charge in [0, 0.05) is 87.0 Å². The molecule has 0 unspecified atom stereocenters. The van der Waals surface area contributed by atoms with Crippen LogP contribution in [0.15, 0.2) is 119 Å². The predicted octanol–water partition coefficient (Wildman–Crippen LogP) is 8.33. The van der Waals surface area contributed by atoms with Crippen LogP contribution in [0.3, 0.4) is 0 Å². The molecule has 2 fully saturated rings. The van der Waals surface area contributed by atoms with Gasteiger partial charge in [0.25, 0.3) is 0 Å². The predicted molar refractivity (Wildman–Crippen MR) is 292 cm³/mol. The first-order chi connectivity index (χ1) is 39.8. The van der Waals surface area contributed by atoms with E-state index in [1.165, 1.54) is 12.1 Å². The third-order valence-electron chi connectivity index (χ3n) is 15.8. The Morgan fingerprint density at radius 2 is 0.867 bits per heavy atom. The molecule has 2 aromatic carbocycles. The van der Waals surface area contributed by atoms with Gasteiger partial charge in [0.1, 0.15) is 12.2 Å². The number of ether oxygens (including phenoxy) is 2. The van der Waals surface area contributed by atoms with Crippen LogP contribution in [0.25, 0.3) is 22.3 Å². The summed E-state index contributed by atoms with van der Waals surface area (Å²) in [5.74, 6) is -4.68. The van der Waals surface area contributed by atoms with E-state index < -0.39 is 82.0 Å². The Labute approximate surface area is 471 Å². The van der Waals surface area contributed by atoms with Crippen molar-refractivity contribution in [2.75, 3.05) is 26.2 Å². The van der Waals surface area contributed by atoms with Crippen LogP contribution in [0, 0.1) is 23.3 Å². The second kappa shape index (κ2) is 24.6. The maximum Gasteiger partial charge on any atom is 0.410 e. The third kappa shape index (κ3) is 12.5. The van der Waals surface area contributed by atoms with Crippen molar-refractivity contribution in [1.82, 2.24) is 48.8 Å². The summed E-state index contributed by atoms with van der Waals surface area (Å²) in [6.07, 6.45) is 7.98. The van der Waals surface area contributed by atoms with Crippen LogP contribution in [0.2, 0.25) is 0 Å². The van der Waals surface area contributed by atoms with Crippen LogP contribution in [-0.4, -0.2) is 105 Å². The number of carbonyl (C=O) groups is 2. The molecule has 2 aliphatic heterocycles. The molecule has 83 heavy (non-hydrogen) atoms. The minimum atomic E-state index is -4.67. The van der Waals surface area contributed by atoms with Crippen molar-refractivity contribution in [2.24, 2.45) is 11.5 Å². The second-order valence-electron chi connectivity index (χ2n) is 20.6. The maximum atomic E-state index is 14.7. The Balaban J connectivity index is 0.000000172. The van der Waals surface area contributed by atoms with E-state index in [-0.39, 0.29) is 34.6 Å². The zero-order valence-electron chi connectivity index (χ0n) is 44.3. The molecule has 2 aliphatic carbocycles. The van der Waals surface area contributed by atoms with Crippen molar-refractivity contribution in [3.05, 3.63) is 188 Å². The molecular weight excluding hydrogens is 1110 g/mol. The molecule has 0 radical (unpaired) electrons. The van der Waals surface area contributed by atoms with Crippen molar-refractivity contribution in [3.8, 4) is 0 Å². The van der Waals surface area contributed by atoms with E-state index in [1.807, 2.05) is 12.1 Å². The van der Waals surface area contributed by atoms with Gasteiger partial charge in [-0.15, -0.1) is 0 Å². The SMILES string of the molecule is N[C@@H]1c2cccnc2[C@H](OC(=O)N2CCC(n3c(=O)[nH]c4ncccc43)CC2)CC[C@H]1c1cccc(F)c1F.N[C@@H]1c2cccnc2[C@H](OC(=O)N2CCC(n3c(=O)[nH]c4ncccc43)CC2)CC[C@H]1c1cccc(F)c1F.O=S(=O)(O)O. The molecule has 22 nitrogen and oxygen atoms in total. The maximum absolute atomic E-state index is 14.7. The molecule has 8 N–H and O–H groups in total. The molecule has 4 aliphatic rings. The number of aromatic nitrogens is 8.